The van der Waals surface area contributed by atoms with Crippen molar-refractivity contribution >= 4 is 20.8 Å². The Labute approximate surface area is 188 Å². The minimum Gasteiger partial charge on any atom is -0.486 e. The van der Waals surface area contributed by atoms with E-state index in [1.165, 1.54) is 12.3 Å². The lowest BCUT2D eigenvalue weighted by Gasteiger charge is -2.31. The summed E-state index contributed by atoms with van der Waals surface area (Å²) < 4.78 is 39.7. The lowest BCUT2D eigenvalue weighted by atomic mass is 9.99. The molecule has 1 aliphatic rings. The number of ether oxygens (including phenoxy) is 1. The first-order valence-corrected chi connectivity index (χ1v) is 12.7. The zero-order valence-electron chi connectivity index (χ0n) is 18.6. The molecule has 172 valence electrons. The van der Waals surface area contributed by atoms with Gasteiger partial charge in [0.05, 0.1) is 18.9 Å². The number of rotatable bonds is 8. The highest BCUT2D eigenvalue weighted by Crippen LogP contribution is 2.22. The second-order valence-electron chi connectivity index (χ2n) is 8.96. The maximum atomic E-state index is 12.5. The second-order valence-corrected chi connectivity index (χ2v) is 11.0. The summed E-state index contributed by atoms with van der Waals surface area (Å²) >= 11 is 0. The first-order chi connectivity index (χ1) is 15.3. The van der Waals surface area contributed by atoms with Crippen LogP contribution in [0.3, 0.4) is 0 Å². The first-order valence-electron chi connectivity index (χ1n) is 11.1. The number of hydrogen-bond acceptors (Lipinski definition) is 5. The zero-order chi connectivity index (χ0) is 22.7. The lowest BCUT2D eigenvalue weighted by Crippen LogP contribution is -2.41. The molecular weight excluding hydrogens is 428 g/mol. The average Bonchev–Trinajstić information content (AvgIpc) is 3.15. The maximum absolute atomic E-state index is 12.5. The second kappa shape index (κ2) is 9.50. The number of fused-ring (bicyclic) bond motifs is 1. The molecule has 8 heteroatoms. The Bertz CT molecular complexity index is 1190. The fourth-order valence-corrected chi connectivity index (χ4v) is 5.95. The van der Waals surface area contributed by atoms with Gasteiger partial charge >= 0.3 is 0 Å². The number of piperidine rings is 1. The van der Waals surface area contributed by atoms with Crippen LogP contribution in [0, 0.1) is 11.8 Å². The van der Waals surface area contributed by atoms with Crippen LogP contribution < -0.4 is 10.2 Å². The monoisotopic (exact) mass is 458 g/mol. The Morgan fingerprint density at radius 3 is 2.38 bits per heavy atom. The first kappa shape index (κ1) is 22.6. The van der Waals surface area contributed by atoms with Crippen LogP contribution >= 0.6 is 0 Å². The van der Waals surface area contributed by atoms with Crippen LogP contribution in [0.1, 0.15) is 32.4 Å². The molecule has 2 aromatic heterocycles. The third-order valence-electron chi connectivity index (χ3n) is 5.78. The Kier molecular flexibility index (Phi) is 6.71. The smallest absolute Gasteiger partial charge is 0.227 e. The molecule has 0 saturated carbocycles. The Morgan fingerprint density at radius 1 is 1.12 bits per heavy atom. The molecular formula is C24H30N2O5S. The average molecular weight is 459 g/mol. The van der Waals surface area contributed by atoms with Crippen molar-refractivity contribution in [2.45, 2.75) is 33.2 Å². The van der Waals surface area contributed by atoms with E-state index in [1.807, 2.05) is 55.1 Å². The largest absolute Gasteiger partial charge is 0.486 e. The fourth-order valence-electron chi connectivity index (χ4n) is 4.13. The van der Waals surface area contributed by atoms with Gasteiger partial charge in [-0.1, -0.05) is 38.1 Å². The summed E-state index contributed by atoms with van der Waals surface area (Å²) in [5.74, 6) is 1.26. The number of sulfonamides is 1. The lowest BCUT2D eigenvalue weighted by molar-refractivity contribution is 0.181. The Morgan fingerprint density at radius 2 is 1.78 bits per heavy atom. The number of nitrogens with zero attached hydrogens (tertiary/aromatic N) is 2. The van der Waals surface area contributed by atoms with Gasteiger partial charge in [0.15, 0.2) is 0 Å². The van der Waals surface area contributed by atoms with Crippen LogP contribution in [0.4, 0.5) is 0 Å². The third kappa shape index (κ3) is 5.42. The maximum Gasteiger partial charge on any atom is 0.227 e. The quantitative estimate of drug-likeness (QED) is 0.514. The van der Waals surface area contributed by atoms with E-state index in [-0.39, 0.29) is 28.8 Å². The van der Waals surface area contributed by atoms with Crippen molar-refractivity contribution in [3.8, 4) is 5.75 Å². The number of benzene rings is 1. The van der Waals surface area contributed by atoms with Gasteiger partial charge in [0.25, 0.3) is 0 Å². The van der Waals surface area contributed by atoms with Crippen molar-refractivity contribution in [3.05, 3.63) is 65.0 Å². The standard InChI is InChI=1S/C24H30N2O5S/c1-18(2)17-32(28,29)26-9-7-19(8-10-26)15-31-24-16-30-22(11-23(24)27)14-25-12-20-5-3-4-6-21(20)13-25/h3-6,11-13,16,18-19H,7-10,14-15,17H2,1-2H3. The van der Waals surface area contributed by atoms with Gasteiger partial charge in [-0.25, -0.2) is 12.7 Å². The third-order valence-corrected chi connectivity index (χ3v) is 8.02. The van der Waals surface area contributed by atoms with Crippen LogP contribution in [-0.4, -0.2) is 42.7 Å². The minimum atomic E-state index is -3.19. The summed E-state index contributed by atoms with van der Waals surface area (Å²) in [4.78, 5) is 12.5. The van der Waals surface area contributed by atoms with Gasteiger partial charge in [-0.3, -0.25) is 4.79 Å². The van der Waals surface area contributed by atoms with Gasteiger partial charge in [-0.2, -0.15) is 0 Å². The van der Waals surface area contributed by atoms with E-state index >= 15 is 0 Å². The molecule has 0 amide bonds. The van der Waals surface area contributed by atoms with E-state index in [0.717, 1.165) is 23.6 Å². The van der Waals surface area contributed by atoms with E-state index in [0.29, 0.717) is 32.0 Å². The summed E-state index contributed by atoms with van der Waals surface area (Å²) in [7, 11) is -3.19. The SMILES string of the molecule is CC(C)CS(=O)(=O)N1CCC(COc2coc(Cn3cc4ccccc4c3)cc2=O)CC1. The molecule has 1 saturated heterocycles. The molecule has 0 unspecified atom stereocenters. The normalized spacial score (nSPS) is 16.1. The van der Waals surface area contributed by atoms with Crippen LogP contribution in [0.15, 0.2) is 58.2 Å². The summed E-state index contributed by atoms with van der Waals surface area (Å²) in [6.45, 7) is 5.67. The highest BCUT2D eigenvalue weighted by molar-refractivity contribution is 7.89. The molecule has 3 heterocycles. The predicted octanol–water partition coefficient (Wildman–Crippen LogP) is 3.72. The van der Waals surface area contributed by atoms with Gasteiger partial charge in [-0.15, -0.1) is 0 Å². The molecule has 0 spiro atoms. The van der Waals surface area contributed by atoms with Gasteiger partial charge in [0.2, 0.25) is 21.2 Å². The molecule has 0 N–H and O–H groups in total. The van der Waals surface area contributed by atoms with Crippen molar-refractivity contribution in [1.29, 1.82) is 0 Å². The van der Waals surface area contributed by atoms with Crippen molar-refractivity contribution in [3.63, 3.8) is 0 Å². The van der Waals surface area contributed by atoms with Gasteiger partial charge in [-0.05, 0) is 35.4 Å². The molecule has 4 rings (SSSR count). The molecule has 1 aliphatic heterocycles. The Balaban J connectivity index is 1.30. The van der Waals surface area contributed by atoms with Gasteiger partial charge in [0.1, 0.15) is 12.0 Å². The van der Waals surface area contributed by atoms with Crippen molar-refractivity contribution in [2.24, 2.45) is 11.8 Å². The summed E-state index contributed by atoms with van der Waals surface area (Å²) in [5.41, 5.74) is -0.208. The van der Waals surface area contributed by atoms with E-state index in [1.54, 1.807) is 4.31 Å². The molecule has 0 atom stereocenters. The molecule has 1 fully saturated rings. The predicted molar refractivity (Wildman–Crippen MR) is 124 cm³/mol. The van der Waals surface area contributed by atoms with Crippen molar-refractivity contribution in [1.82, 2.24) is 8.87 Å². The summed E-state index contributed by atoms with van der Waals surface area (Å²) in [6, 6.07) is 9.55. The molecule has 0 bridgehead atoms. The zero-order valence-corrected chi connectivity index (χ0v) is 19.4. The highest BCUT2D eigenvalue weighted by atomic mass is 32.2. The Hall–Kier alpha value is -2.58. The highest BCUT2D eigenvalue weighted by Gasteiger charge is 2.28. The minimum absolute atomic E-state index is 0.111. The van der Waals surface area contributed by atoms with Crippen LogP contribution in [0.5, 0.6) is 5.75 Å². The van der Waals surface area contributed by atoms with Crippen LogP contribution in [0.2, 0.25) is 0 Å². The van der Waals surface area contributed by atoms with Crippen molar-refractivity contribution in [2.75, 3.05) is 25.4 Å². The van der Waals surface area contributed by atoms with Crippen molar-refractivity contribution < 1.29 is 17.6 Å². The molecule has 0 radical (unpaired) electrons. The van der Waals surface area contributed by atoms with E-state index < -0.39 is 10.0 Å². The van der Waals surface area contributed by atoms with E-state index in [9.17, 15) is 13.2 Å². The summed E-state index contributed by atoms with van der Waals surface area (Å²) in [5, 5.41) is 2.27. The summed E-state index contributed by atoms with van der Waals surface area (Å²) in [6.07, 6.45) is 6.87. The fraction of sp³-hybridized carbons (Fsp3) is 0.458. The molecule has 0 aliphatic carbocycles. The molecule has 3 aromatic rings. The molecule has 7 nitrogen and oxygen atoms in total. The van der Waals surface area contributed by atoms with E-state index in [4.69, 9.17) is 9.15 Å². The van der Waals surface area contributed by atoms with Gasteiger partial charge in [0, 0.05) is 31.5 Å². The number of hydrogen-bond donors (Lipinski definition) is 0. The van der Waals surface area contributed by atoms with Gasteiger partial charge < -0.3 is 13.7 Å². The molecule has 1 aromatic carbocycles. The van der Waals surface area contributed by atoms with E-state index in [2.05, 4.69) is 0 Å². The molecule has 32 heavy (non-hydrogen) atoms. The van der Waals surface area contributed by atoms with Crippen LogP contribution in [0.25, 0.3) is 10.8 Å². The van der Waals surface area contributed by atoms with Crippen LogP contribution in [-0.2, 0) is 16.6 Å². The number of aromatic nitrogens is 1. The topological polar surface area (TPSA) is 81.8 Å².